The summed E-state index contributed by atoms with van der Waals surface area (Å²) in [5, 5.41) is 0. The maximum absolute atomic E-state index is 12.6. The van der Waals surface area contributed by atoms with Crippen LogP contribution in [-0.2, 0) is 33.3 Å². The zero-order valence-electron chi connectivity index (χ0n) is 30.8. The zero-order valence-corrected chi connectivity index (χ0v) is 30.8. The van der Waals surface area contributed by atoms with Crippen LogP contribution >= 0.6 is 0 Å². The molecule has 0 N–H and O–H groups in total. The number of hydrogen-bond donors (Lipinski definition) is 0. The highest BCUT2D eigenvalue weighted by Crippen LogP contribution is 2.19. The van der Waals surface area contributed by atoms with Gasteiger partial charge in [-0.15, -0.1) is 0 Å². The van der Waals surface area contributed by atoms with Gasteiger partial charge in [0.25, 0.3) is 0 Å². The van der Waals surface area contributed by atoms with Crippen molar-refractivity contribution in [3.63, 3.8) is 0 Å². The van der Waals surface area contributed by atoms with Gasteiger partial charge in [-0.2, -0.15) is 0 Å². The Kier molecular flexibility index (Phi) is 28.2. The average molecular weight is 643 g/mol. The number of hydrogen-bond acceptors (Lipinski definition) is 7. The van der Waals surface area contributed by atoms with Gasteiger partial charge < -0.3 is 23.7 Å². The maximum atomic E-state index is 12.6. The number of carbonyl (C=O) groups excluding carboxylic acids is 2. The van der Waals surface area contributed by atoms with Crippen LogP contribution in [0.4, 0.5) is 0 Å². The fourth-order valence-electron chi connectivity index (χ4n) is 5.06. The highest BCUT2D eigenvalue weighted by atomic mass is 16.6. The number of esters is 2. The molecule has 0 rings (SSSR count). The van der Waals surface area contributed by atoms with Crippen molar-refractivity contribution in [1.29, 1.82) is 0 Å². The summed E-state index contributed by atoms with van der Waals surface area (Å²) in [6, 6.07) is 0. The maximum Gasteiger partial charge on any atom is 0.306 e. The molecule has 0 aromatic carbocycles. The van der Waals surface area contributed by atoms with Gasteiger partial charge in [-0.25, -0.2) is 0 Å². The van der Waals surface area contributed by atoms with Gasteiger partial charge in [0, 0.05) is 26.6 Å². The van der Waals surface area contributed by atoms with E-state index < -0.39 is 6.10 Å². The van der Waals surface area contributed by atoms with Crippen molar-refractivity contribution in [2.45, 2.75) is 200 Å². The normalized spacial score (nSPS) is 12.8. The van der Waals surface area contributed by atoms with Crippen molar-refractivity contribution in [2.24, 2.45) is 0 Å². The van der Waals surface area contributed by atoms with Crippen molar-refractivity contribution in [3.8, 4) is 0 Å². The highest BCUT2D eigenvalue weighted by Gasteiger charge is 2.23. The summed E-state index contributed by atoms with van der Waals surface area (Å²) in [6.45, 7) is 14.0. The van der Waals surface area contributed by atoms with Gasteiger partial charge in [0.1, 0.15) is 6.61 Å². The Bertz CT molecular complexity index is 692. The second kappa shape index (κ2) is 29.0. The minimum absolute atomic E-state index is 0.0335. The van der Waals surface area contributed by atoms with E-state index in [1.165, 1.54) is 77.0 Å². The summed E-state index contributed by atoms with van der Waals surface area (Å²) in [4.78, 5) is 25.0. The van der Waals surface area contributed by atoms with E-state index in [1.54, 1.807) is 7.11 Å². The van der Waals surface area contributed by atoms with E-state index in [1.807, 2.05) is 27.7 Å². The van der Waals surface area contributed by atoms with Crippen molar-refractivity contribution in [2.75, 3.05) is 33.5 Å². The molecule has 1 unspecified atom stereocenters. The van der Waals surface area contributed by atoms with E-state index in [9.17, 15) is 9.59 Å². The molecular weight excluding hydrogens is 568 g/mol. The number of carbonyl (C=O) groups is 2. The van der Waals surface area contributed by atoms with Crippen LogP contribution in [0.3, 0.4) is 0 Å². The van der Waals surface area contributed by atoms with Gasteiger partial charge in [0.2, 0.25) is 0 Å². The average Bonchev–Trinajstić information content (AvgIpc) is 3.00. The third-order valence-electron chi connectivity index (χ3n) is 8.60. The number of rotatable bonds is 33. The zero-order chi connectivity index (χ0) is 33.7. The fourth-order valence-corrected chi connectivity index (χ4v) is 5.06. The lowest BCUT2D eigenvalue weighted by molar-refractivity contribution is -0.163. The molecule has 0 aromatic rings. The first kappa shape index (κ1) is 43.8. The van der Waals surface area contributed by atoms with Gasteiger partial charge in [-0.3, -0.25) is 9.59 Å². The SMILES string of the molecule is CCCCCCCCCCCC(=O)OCC(COCCC(C)(C)OCCC(C)(C)OC)OC(=O)CCCCCCCCCCC. The van der Waals surface area contributed by atoms with Crippen molar-refractivity contribution < 1.29 is 33.3 Å². The van der Waals surface area contributed by atoms with Gasteiger partial charge in [-0.05, 0) is 53.4 Å². The Hall–Kier alpha value is -1.18. The lowest BCUT2D eigenvalue weighted by Crippen LogP contribution is -2.33. The minimum Gasteiger partial charge on any atom is -0.462 e. The fraction of sp³-hybridized carbons (Fsp3) is 0.947. The summed E-state index contributed by atoms with van der Waals surface area (Å²) < 4.78 is 28.7. The van der Waals surface area contributed by atoms with Crippen molar-refractivity contribution in [3.05, 3.63) is 0 Å². The van der Waals surface area contributed by atoms with Gasteiger partial charge in [-0.1, -0.05) is 117 Å². The molecule has 0 saturated carbocycles. The molecule has 0 aliphatic rings. The molecular formula is C38H74O7. The molecule has 0 radical (unpaired) electrons. The van der Waals surface area contributed by atoms with E-state index >= 15 is 0 Å². The van der Waals surface area contributed by atoms with Crippen LogP contribution < -0.4 is 0 Å². The number of methoxy groups -OCH3 is 1. The summed E-state index contributed by atoms with van der Waals surface area (Å²) in [7, 11) is 1.72. The molecule has 0 aliphatic carbocycles. The summed E-state index contributed by atoms with van der Waals surface area (Å²) in [6.07, 6.45) is 23.2. The predicted octanol–water partition coefficient (Wildman–Crippen LogP) is 10.3. The smallest absolute Gasteiger partial charge is 0.306 e. The van der Waals surface area contributed by atoms with Crippen molar-refractivity contribution in [1.82, 2.24) is 0 Å². The first-order valence-corrected chi connectivity index (χ1v) is 18.7. The monoisotopic (exact) mass is 643 g/mol. The van der Waals surface area contributed by atoms with Crippen LogP contribution in [-0.4, -0.2) is 62.8 Å². The van der Waals surface area contributed by atoms with Crippen LogP contribution in [0.25, 0.3) is 0 Å². The van der Waals surface area contributed by atoms with E-state index in [0.717, 1.165) is 44.9 Å². The Labute approximate surface area is 278 Å². The lowest BCUT2D eigenvalue weighted by atomic mass is 10.0. The highest BCUT2D eigenvalue weighted by molar-refractivity contribution is 5.70. The Morgan fingerprint density at radius 3 is 1.49 bits per heavy atom. The summed E-state index contributed by atoms with van der Waals surface area (Å²) in [5.41, 5.74) is -0.572. The minimum atomic E-state index is -0.602. The molecule has 0 spiro atoms. The van der Waals surface area contributed by atoms with E-state index in [4.69, 9.17) is 23.7 Å². The van der Waals surface area contributed by atoms with E-state index in [0.29, 0.717) is 32.5 Å². The second-order valence-corrected chi connectivity index (χ2v) is 14.1. The second-order valence-electron chi connectivity index (χ2n) is 14.1. The Morgan fingerprint density at radius 1 is 0.556 bits per heavy atom. The quantitative estimate of drug-likeness (QED) is 0.0520. The first-order chi connectivity index (χ1) is 21.5. The van der Waals surface area contributed by atoms with Gasteiger partial charge in [0.05, 0.1) is 24.4 Å². The third kappa shape index (κ3) is 29.9. The van der Waals surface area contributed by atoms with Gasteiger partial charge >= 0.3 is 11.9 Å². The van der Waals surface area contributed by atoms with Crippen LogP contribution in [0.15, 0.2) is 0 Å². The van der Waals surface area contributed by atoms with Crippen LogP contribution in [0.1, 0.15) is 183 Å². The topological polar surface area (TPSA) is 80.3 Å². The summed E-state index contributed by atoms with van der Waals surface area (Å²) >= 11 is 0. The summed E-state index contributed by atoms with van der Waals surface area (Å²) in [5.74, 6) is -0.475. The molecule has 0 heterocycles. The molecule has 268 valence electrons. The largest absolute Gasteiger partial charge is 0.462 e. The molecule has 45 heavy (non-hydrogen) atoms. The third-order valence-corrected chi connectivity index (χ3v) is 8.60. The Morgan fingerprint density at radius 2 is 1.00 bits per heavy atom. The molecule has 1 atom stereocenters. The number of unbranched alkanes of at least 4 members (excludes halogenated alkanes) is 16. The van der Waals surface area contributed by atoms with Crippen molar-refractivity contribution >= 4 is 11.9 Å². The molecule has 7 heteroatoms. The molecule has 0 saturated heterocycles. The number of ether oxygens (including phenoxy) is 5. The van der Waals surface area contributed by atoms with Crippen LogP contribution in [0.5, 0.6) is 0 Å². The Balaban J connectivity index is 4.50. The standard InChI is InChI=1S/C38H74O7/c1-8-10-12-14-16-18-20-22-24-26-35(39)43-33-34(45-36(40)27-25-23-21-19-17-15-13-11-9-2)32-42-30-28-38(5,6)44-31-29-37(3,4)41-7/h34H,8-33H2,1-7H3. The molecule has 7 nitrogen and oxygen atoms in total. The predicted molar refractivity (Wildman–Crippen MR) is 186 cm³/mol. The molecule has 0 amide bonds. The van der Waals surface area contributed by atoms with E-state index in [-0.39, 0.29) is 36.4 Å². The lowest BCUT2D eigenvalue weighted by Gasteiger charge is -2.29. The van der Waals surface area contributed by atoms with Crippen LogP contribution in [0, 0.1) is 0 Å². The molecule has 0 aromatic heterocycles. The first-order valence-electron chi connectivity index (χ1n) is 18.7. The molecule has 0 aliphatic heterocycles. The van der Waals surface area contributed by atoms with E-state index in [2.05, 4.69) is 13.8 Å². The molecule has 0 fully saturated rings. The molecule has 0 bridgehead atoms. The van der Waals surface area contributed by atoms with Crippen LogP contribution in [0.2, 0.25) is 0 Å². The van der Waals surface area contributed by atoms with Gasteiger partial charge in [0.15, 0.2) is 6.10 Å².